The smallest absolute Gasteiger partial charge is 0.123 e. The van der Waals surface area contributed by atoms with E-state index in [2.05, 4.69) is 0 Å². The fourth-order valence-corrected chi connectivity index (χ4v) is 2.38. The van der Waals surface area contributed by atoms with Crippen molar-refractivity contribution in [2.24, 2.45) is 11.7 Å². The lowest BCUT2D eigenvalue weighted by Gasteiger charge is -2.25. The Labute approximate surface area is 113 Å². The van der Waals surface area contributed by atoms with Crippen molar-refractivity contribution in [2.75, 3.05) is 0 Å². The van der Waals surface area contributed by atoms with E-state index in [1.807, 2.05) is 38.1 Å². The highest BCUT2D eigenvalue weighted by atomic mass is 16.3. The number of hydrogen-bond donors (Lipinski definition) is 3. The van der Waals surface area contributed by atoms with Crippen LogP contribution in [0.1, 0.15) is 31.9 Å². The third-order valence-electron chi connectivity index (χ3n) is 3.89. The van der Waals surface area contributed by atoms with E-state index in [4.69, 9.17) is 5.73 Å². The maximum atomic E-state index is 10.3. The molecule has 102 valence electrons. The van der Waals surface area contributed by atoms with Crippen molar-refractivity contribution in [3.63, 3.8) is 0 Å². The SMILES string of the molecule is CCC(C)[C@H](O)[C@H](N)c1ccc(O)c2ccccc12. The van der Waals surface area contributed by atoms with Crippen LogP contribution < -0.4 is 5.73 Å². The molecule has 0 heterocycles. The molecule has 0 aliphatic rings. The van der Waals surface area contributed by atoms with Crippen molar-refractivity contribution < 1.29 is 10.2 Å². The van der Waals surface area contributed by atoms with E-state index in [1.165, 1.54) is 0 Å². The monoisotopic (exact) mass is 259 g/mol. The molecule has 2 rings (SSSR count). The molecule has 19 heavy (non-hydrogen) atoms. The molecule has 3 atom stereocenters. The van der Waals surface area contributed by atoms with Crippen LogP contribution in [0, 0.1) is 5.92 Å². The van der Waals surface area contributed by atoms with E-state index in [1.54, 1.807) is 12.1 Å². The number of phenolic OH excluding ortho intramolecular Hbond substituents is 1. The Morgan fingerprint density at radius 1 is 1.11 bits per heavy atom. The highest BCUT2D eigenvalue weighted by Crippen LogP contribution is 2.32. The Bertz CT molecular complexity index is 568. The van der Waals surface area contributed by atoms with Crippen LogP contribution >= 0.6 is 0 Å². The Morgan fingerprint density at radius 2 is 1.74 bits per heavy atom. The van der Waals surface area contributed by atoms with Crippen molar-refractivity contribution >= 4 is 10.8 Å². The van der Waals surface area contributed by atoms with Crippen LogP contribution in [0.3, 0.4) is 0 Å². The average Bonchev–Trinajstić information content (AvgIpc) is 2.45. The summed E-state index contributed by atoms with van der Waals surface area (Å²) in [5, 5.41) is 21.8. The topological polar surface area (TPSA) is 66.5 Å². The third-order valence-corrected chi connectivity index (χ3v) is 3.89. The maximum absolute atomic E-state index is 10.3. The molecule has 3 nitrogen and oxygen atoms in total. The average molecular weight is 259 g/mol. The molecule has 0 radical (unpaired) electrons. The Hall–Kier alpha value is -1.58. The molecule has 0 aliphatic carbocycles. The fraction of sp³-hybridized carbons (Fsp3) is 0.375. The molecule has 1 unspecified atom stereocenters. The summed E-state index contributed by atoms with van der Waals surface area (Å²) >= 11 is 0. The summed E-state index contributed by atoms with van der Waals surface area (Å²) in [4.78, 5) is 0. The molecular formula is C16H21NO2. The number of nitrogens with two attached hydrogens (primary N) is 1. The van der Waals surface area contributed by atoms with Crippen molar-refractivity contribution in [2.45, 2.75) is 32.4 Å². The fourth-order valence-electron chi connectivity index (χ4n) is 2.38. The Kier molecular flexibility index (Phi) is 4.08. The zero-order chi connectivity index (χ0) is 14.0. The van der Waals surface area contributed by atoms with Crippen molar-refractivity contribution in [3.05, 3.63) is 42.0 Å². The van der Waals surface area contributed by atoms with Crippen LogP contribution in [-0.4, -0.2) is 16.3 Å². The number of phenols is 1. The molecule has 0 spiro atoms. The normalized spacial score (nSPS) is 16.2. The van der Waals surface area contributed by atoms with E-state index in [-0.39, 0.29) is 11.7 Å². The minimum absolute atomic E-state index is 0.141. The van der Waals surface area contributed by atoms with Crippen LogP contribution in [0.2, 0.25) is 0 Å². The second-order valence-corrected chi connectivity index (χ2v) is 5.12. The lowest BCUT2D eigenvalue weighted by molar-refractivity contribution is 0.0884. The third kappa shape index (κ3) is 2.57. The lowest BCUT2D eigenvalue weighted by atomic mass is 9.89. The van der Waals surface area contributed by atoms with Gasteiger partial charge in [-0.15, -0.1) is 0 Å². The summed E-state index contributed by atoms with van der Waals surface area (Å²) in [5.74, 6) is 0.382. The van der Waals surface area contributed by atoms with Gasteiger partial charge in [0.1, 0.15) is 5.75 Å². The molecule has 0 saturated carbocycles. The van der Waals surface area contributed by atoms with Crippen LogP contribution in [0.25, 0.3) is 10.8 Å². The van der Waals surface area contributed by atoms with Gasteiger partial charge in [-0.05, 0) is 22.9 Å². The first-order valence-corrected chi connectivity index (χ1v) is 6.70. The molecule has 0 amide bonds. The van der Waals surface area contributed by atoms with Gasteiger partial charge in [-0.1, -0.05) is 50.6 Å². The van der Waals surface area contributed by atoms with Crippen molar-refractivity contribution in [1.82, 2.24) is 0 Å². The van der Waals surface area contributed by atoms with Gasteiger partial charge in [0.05, 0.1) is 12.1 Å². The van der Waals surface area contributed by atoms with Gasteiger partial charge in [0, 0.05) is 5.39 Å². The summed E-state index contributed by atoms with van der Waals surface area (Å²) in [6, 6.07) is 10.6. The zero-order valence-electron chi connectivity index (χ0n) is 11.4. The lowest BCUT2D eigenvalue weighted by Crippen LogP contribution is -2.31. The van der Waals surface area contributed by atoms with Gasteiger partial charge in [0.2, 0.25) is 0 Å². The van der Waals surface area contributed by atoms with E-state index in [0.29, 0.717) is 0 Å². The number of rotatable bonds is 4. The van der Waals surface area contributed by atoms with Crippen LogP contribution in [0.15, 0.2) is 36.4 Å². The number of hydrogen-bond acceptors (Lipinski definition) is 3. The standard InChI is InChI=1S/C16H21NO2/c1-3-10(2)16(19)15(17)13-8-9-14(18)12-7-5-4-6-11(12)13/h4-10,15-16,18-19H,3,17H2,1-2H3/t10?,15-,16+/m1/s1. The number of fused-ring (bicyclic) bond motifs is 1. The predicted molar refractivity (Wildman–Crippen MR) is 78.0 cm³/mol. The summed E-state index contributed by atoms with van der Waals surface area (Å²) in [7, 11) is 0. The zero-order valence-corrected chi connectivity index (χ0v) is 11.4. The molecule has 2 aromatic rings. The molecule has 4 N–H and O–H groups in total. The van der Waals surface area contributed by atoms with Crippen LogP contribution in [0.4, 0.5) is 0 Å². The van der Waals surface area contributed by atoms with Crippen molar-refractivity contribution in [1.29, 1.82) is 0 Å². The van der Waals surface area contributed by atoms with E-state index in [0.717, 1.165) is 22.8 Å². The number of aliphatic hydroxyl groups is 1. The summed E-state index contributed by atoms with van der Waals surface area (Å²) in [5.41, 5.74) is 7.08. The second-order valence-electron chi connectivity index (χ2n) is 5.12. The summed E-state index contributed by atoms with van der Waals surface area (Å²) < 4.78 is 0. The summed E-state index contributed by atoms with van der Waals surface area (Å²) in [6.07, 6.45) is 0.295. The van der Waals surface area contributed by atoms with Gasteiger partial charge in [-0.25, -0.2) is 0 Å². The van der Waals surface area contributed by atoms with Gasteiger partial charge in [0.25, 0.3) is 0 Å². The maximum Gasteiger partial charge on any atom is 0.123 e. The van der Waals surface area contributed by atoms with Crippen LogP contribution in [-0.2, 0) is 0 Å². The minimum Gasteiger partial charge on any atom is -0.507 e. The Morgan fingerprint density at radius 3 is 2.37 bits per heavy atom. The molecule has 0 aliphatic heterocycles. The number of aliphatic hydroxyl groups excluding tert-OH is 1. The minimum atomic E-state index is -0.585. The van der Waals surface area contributed by atoms with E-state index >= 15 is 0 Å². The van der Waals surface area contributed by atoms with Crippen molar-refractivity contribution in [3.8, 4) is 5.75 Å². The summed E-state index contributed by atoms with van der Waals surface area (Å²) in [6.45, 7) is 4.03. The quantitative estimate of drug-likeness (QED) is 0.791. The van der Waals surface area contributed by atoms with Gasteiger partial charge < -0.3 is 15.9 Å². The van der Waals surface area contributed by atoms with E-state index < -0.39 is 12.1 Å². The molecular weight excluding hydrogens is 238 g/mol. The molecule has 0 fully saturated rings. The highest BCUT2D eigenvalue weighted by Gasteiger charge is 2.23. The molecule has 0 aromatic heterocycles. The molecule has 3 heteroatoms. The second kappa shape index (κ2) is 5.59. The highest BCUT2D eigenvalue weighted by molar-refractivity contribution is 5.91. The van der Waals surface area contributed by atoms with E-state index in [9.17, 15) is 10.2 Å². The first kappa shape index (κ1) is 13.8. The van der Waals surface area contributed by atoms with Gasteiger partial charge in [0.15, 0.2) is 0 Å². The molecule has 2 aromatic carbocycles. The first-order valence-electron chi connectivity index (χ1n) is 6.70. The largest absolute Gasteiger partial charge is 0.507 e. The molecule has 0 saturated heterocycles. The Balaban J connectivity index is 2.48. The number of aromatic hydroxyl groups is 1. The number of benzene rings is 2. The first-order chi connectivity index (χ1) is 9.06. The van der Waals surface area contributed by atoms with Crippen LogP contribution in [0.5, 0.6) is 5.75 Å². The predicted octanol–water partition coefficient (Wildman–Crippen LogP) is 2.95. The van der Waals surface area contributed by atoms with Gasteiger partial charge in [-0.3, -0.25) is 0 Å². The molecule has 0 bridgehead atoms. The van der Waals surface area contributed by atoms with Gasteiger partial charge in [-0.2, -0.15) is 0 Å². The van der Waals surface area contributed by atoms with Gasteiger partial charge >= 0.3 is 0 Å².